The number of fused-ring (bicyclic) bond motifs is 1. The van der Waals surface area contributed by atoms with Gasteiger partial charge < -0.3 is 5.32 Å². The minimum atomic E-state index is -0.209. The fourth-order valence-corrected chi connectivity index (χ4v) is 3.06. The van der Waals surface area contributed by atoms with E-state index in [2.05, 4.69) is 5.32 Å². The van der Waals surface area contributed by atoms with E-state index in [1.165, 1.54) is 42.7 Å². The van der Waals surface area contributed by atoms with Gasteiger partial charge in [-0.25, -0.2) is 14.4 Å². The zero-order valence-corrected chi connectivity index (χ0v) is 11.9. The predicted molar refractivity (Wildman–Crippen MR) is 79.4 cm³/mol. The van der Waals surface area contributed by atoms with Crippen LogP contribution in [0, 0.1) is 5.82 Å². The fraction of sp³-hybridized carbons (Fsp3) is 0.412. The molecular weight excluding hydrogens is 265 g/mol. The lowest BCUT2D eigenvalue weighted by atomic mass is 9.84. The monoisotopic (exact) mass is 283 g/mol. The van der Waals surface area contributed by atoms with Gasteiger partial charge in [0.05, 0.1) is 11.4 Å². The van der Waals surface area contributed by atoms with Crippen LogP contribution in [0.1, 0.15) is 42.3 Å². The number of hydrogen-bond acceptors (Lipinski definition) is 3. The Hall–Kier alpha value is -1.81. The topological polar surface area (TPSA) is 37.8 Å². The summed E-state index contributed by atoms with van der Waals surface area (Å²) in [5.41, 5.74) is 4.31. The summed E-state index contributed by atoms with van der Waals surface area (Å²) >= 11 is 0. The number of nitrogens with zero attached hydrogens (tertiary/aromatic N) is 2. The summed E-state index contributed by atoms with van der Waals surface area (Å²) in [6.07, 6.45) is 4.62. The van der Waals surface area contributed by atoms with E-state index in [4.69, 9.17) is 9.97 Å². The maximum absolute atomic E-state index is 13.2. The molecule has 0 bridgehead atoms. The van der Waals surface area contributed by atoms with Crippen LogP contribution in [-0.2, 0) is 13.0 Å². The van der Waals surface area contributed by atoms with E-state index in [0.717, 1.165) is 36.6 Å². The quantitative estimate of drug-likeness (QED) is 0.919. The molecule has 0 spiro atoms. The minimum Gasteiger partial charge on any atom is -0.312 e. The third kappa shape index (κ3) is 2.33. The van der Waals surface area contributed by atoms with Crippen molar-refractivity contribution in [2.24, 2.45) is 0 Å². The van der Waals surface area contributed by atoms with Gasteiger partial charge in [-0.2, -0.15) is 0 Å². The first-order valence-corrected chi connectivity index (χ1v) is 7.67. The first-order valence-electron chi connectivity index (χ1n) is 7.67. The standard InChI is InChI=1S/C17H18FN3/c18-13-6-4-11(5-7-13)16-14-10-19-9-8-15(14)20-17(21-16)12-2-1-3-12/h4-7,12,19H,1-3,8-10H2. The van der Waals surface area contributed by atoms with Crippen molar-refractivity contribution in [3.63, 3.8) is 0 Å². The Morgan fingerprint density at radius 1 is 1.10 bits per heavy atom. The highest BCUT2D eigenvalue weighted by atomic mass is 19.1. The van der Waals surface area contributed by atoms with E-state index in [9.17, 15) is 4.39 Å². The van der Waals surface area contributed by atoms with Crippen molar-refractivity contribution in [3.05, 3.63) is 47.2 Å². The summed E-state index contributed by atoms with van der Waals surface area (Å²) in [7, 11) is 0. The van der Waals surface area contributed by atoms with Crippen LogP contribution in [0.5, 0.6) is 0 Å². The summed E-state index contributed by atoms with van der Waals surface area (Å²) in [5.74, 6) is 1.30. The first kappa shape index (κ1) is 12.9. The Kier molecular flexibility index (Phi) is 3.19. The lowest BCUT2D eigenvalue weighted by Gasteiger charge is -2.27. The Balaban J connectivity index is 1.84. The molecule has 2 aliphatic rings. The molecule has 0 atom stereocenters. The molecule has 2 aromatic rings. The van der Waals surface area contributed by atoms with E-state index >= 15 is 0 Å². The average molecular weight is 283 g/mol. The maximum atomic E-state index is 13.2. The van der Waals surface area contributed by atoms with E-state index in [-0.39, 0.29) is 5.82 Å². The van der Waals surface area contributed by atoms with Crippen molar-refractivity contribution in [3.8, 4) is 11.3 Å². The van der Waals surface area contributed by atoms with Gasteiger partial charge in [0.25, 0.3) is 0 Å². The molecule has 21 heavy (non-hydrogen) atoms. The Morgan fingerprint density at radius 3 is 2.62 bits per heavy atom. The fourth-order valence-electron chi connectivity index (χ4n) is 3.06. The van der Waals surface area contributed by atoms with E-state index in [1.807, 2.05) is 12.1 Å². The van der Waals surface area contributed by atoms with Gasteiger partial charge in [-0.1, -0.05) is 6.42 Å². The molecule has 3 nitrogen and oxygen atoms in total. The van der Waals surface area contributed by atoms with Gasteiger partial charge >= 0.3 is 0 Å². The highest BCUT2D eigenvalue weighted by Gasteiger charge is 2.26. The molecule has 1 aliphatic carbocycles. The van der Waals surface area contributed by atoms with Crippen molar-refractivity contribution < 1.29 is 4.39 Å². The third-order valence-electron chi connectivity index (χ3n) is 4.54. The zero-order valence-electron chi connectivity index (χ0n) is 11.9. The van der Waals surface area contributed by atoms with Crippen LogP contribution >= 0.6 is 0 Å². The Morgan fingerprint density at radius 2 is 1.90 bits per heavy atom. The molecule has 1 aliphatic heterocycles. The van der Waals surface area contributed by atoms with Crippen LogP contribution in [0.2, 0.25) is 0 Å². The molecule has 1 saturated carbocycles. The van der Waals surface area contributed by atoms with Gasteiger partial charge in [0.15, 0.2) is 0 Å². The normalized spacial score (nSPS) is 18.1. The van der Waals surface area contributed by atoms with Crippen LogP contribution in [0.4, 0.5) is 4.39 Å². The highest BCUT2D eigenvalue weighted by molar-refractivity contribution is 5.64. The van der Waals surface area contributed by atoms with Crippen molar-refractivity contribution >= 4 is 0 Å². The summed E-state index contributed by atoms with van der Waals surface area (Å²) in [4.78, 5) is 9.65. The molecule has 1 aromatic heterocycles. The Labute approximate surface area is 123 Å². The molecule has 4 rings (SSSR count). The molecule has 1 N–H and O–H groups in total. The van der Waals surface area contributed by atoms with Gasteiger partial charge in [0.2, 0.25) is 0 Å². The lowest BCUT2D eigenvalue weighted by Crippen LogP contribution is -2.27. The largest absolute Gasteiger partial charge is 0.312 e. The van der Waals surface area contributed by atoms with Crippen molar-refractivity contribution in [2.75, 3.05) is 6.54 Å². The lowest BCUT2D eigenvalue weighted by molar-refractivity contribution is 0.399. The van der Waals surface area contributed by atoms with Crippen LogP contribution in [-0.4, -0.2) is 16.5 Å². The zero-order chi connectivity index (χ0) is 14.2. The summed E-state index contributed by atoms with van der Waals surface area (Å²) in [6.45, 7) is 1.77. The second kappa shape index (κ2) is 5.19. The molecule has 0 amide bonds. The predicted octanol–water partition coefficient (Wildman–Crippen LogP) is 3.20. The summed E-state index contributed by atoms with van der Waals surface area (Å²) in [6, 6.07) is 6.64. The van der Waals surface area contributed by atoms with Gasteiger partial charge in [0, 0.05) is 36.6 Å². The average Bonchev–Trinajstić information content (AvgIpc) is 2.45. The molecule has 0 saturated heterocycles. The summed E-state index contributed by atoms with van der Waals surface area (Å²) in [5, 5.41) is 3.39. The van der Waals surface area contributed by atoms with Crippen LogP contribution in [0.15, 0.2) is 24.3 Å². The van der Waals surface area contributed by atoms with Gasteiger partial charge in [-0.15, -0.1) is 0 Å². The maximum Gasteiger partial charge on any atom is 0.132 e. The molecular formula is C17H18FN3. The second-order valence-electron chi connectivity index (χ2n) is 5.92. The van der Waals surface area contributed by atoms with Crippen molar-refractivity contribution in [1.29, 1.82) is 0 Å². The molecule has 1 aromatic carbocycles. The number of nitrogens with one attached hydrogen (secondary N) is 1. The van der Waals surface area contributed by atoms with Crippen molar-refractivity contribution in [2.45, 2.75) is 38.1 Å². The van der Waals surface area contributed by atoms with Crippen LogP contribution in [0.3, 0.4) is 0 Å². The molecule has 1 fully saturated rings. The SMILES string of the molecule is Fc1ccc(-c2nc(C3CCC3)nc3c2CNCC3)cc1. The number of hydrogen-bond donors (Lipinski definition) is 1. The van der Waals surface area contributed by atoms with E-state index < -0.39 is 0 Å². The van der Waals surface area contributed by atoms with Crippen LogP contribution in [0.25, 0.3) is 11.3 Å². The van der Waals surface area contributed by atoms with E-state index in [1.54, 1.807) is 0 Å². The molecule has 0 radical (unpaired) electrons. The second-order valence-corrected chi connectivity index (χ2v) is 5.92. The minimum absolute atomic E-state index is 0.209. The Bertz CT molecular complexity index is 662. The smallest absolute Gasteiger partial charge is 0.132 e. The van der Waals surface area contributed by atoms with Crippen LogP contribution < -0.4 is 5.32 Å². The van der Waals surface area contributed by atoms with E-state index in [0.29, 0.717) is 5.92 Å². The number of benzene rings is 1. The molecule has 2 heterocycles. The highest BCUT2D eigenvalue weighted by Crippen LogP contribution is 2.36. The molecule has 4 heteroatoms. The third-order valence-corrected chi connectivity index (χ3v) is 4.54. The molecule has 108 valence electrons. The number of halogens is 1. The number of rotatable bonds is 2. The van der Waals surface area contributed by atoms with Gasteiger partial charge in [-0.05, 0) is 37.1 Å². The van der Waals surface area contributed by atoms with Gasteiger partial charge in [0.1, 0.15) is 11.6 Å². The van der Waals surface area contributed by atoms with Gasteiger partial charge in [-0.3, -0.25) is 0 Å². The molecule has 0 unspecified atom stereocenters. The number of aromatic nitrogens is 2. The first-order chi connectivity index (χ1) is 10.3. The van der Waals surface area contributed by atoms with Crippen molar-refractivity contribution in [1.82, 2.24) is 15.3 Å². The summed E-state index contributed by atoms with van der Waals surface area (Å²) < 4.78 is 13.2.